The van der Waals surface area contributed by atoms with E-state index in [1.165, 1.54) is 13.2 Å². The summed E-state index contributed by atoms with van der Waals surface area (Å²) in [5.74, 6) is -0.348. The van der Waals surface area contributed by atoms with Crippen LogP contribution in [0.5, 0.6) is 5.75 Å². The molecular weight excluding hydrogens is 237 g/mol. The SMILES string of the molecule is COc1ccc(CN2CC(CC(=O)O)C2)c(F)c1. The Morgan fingerprint density at radius 2 is 2.28 bits per heavy atom. The van der Waals surface area contributed by atoms with Crippen molar-refractivity contribution in [3.05, 3.63) is 29.6 Å². The lowest BCUT2D eigenvalue weighted by molar-refractivity contribution is -0.139. The Kier molecular flexibility index (Phi) is 3.81. The molecule has 0 aromatic heterocycles. The Morgan fingerprint density at radius 1 is 1.56 bits per heavy atom. The van der Waals surface area contributed by atoms with Crippen molar-refractivity contribution in [3.8, 4) is 5.75 Å². The number of aliphatic carboxylic acids is 1. The molecule has 1 N–H and O–H groups in total. The second-order valence-electron chi connectivity index (χ2n) is 4.62. The van der Waals surface area contributed by atoms with Gasteiger partial charge in [-0.1, -0.05) is 6.07 Å². The summed E-state index contributed by atoms with van der Waals surface area (Å²) < 4.78 is 18.6. The number of ether oxygens (including phenoxy) is 1. The average molecular weight is 253 g/mol. The van der Waals surface area contributed by atoms with E-state index < -0.39 is 5.97 Å². The van der Waals surface area contributed by atoms with E-state index in [1.807, 2.05) is 4.90 Å². The molecule has 2 rings (SSSR count). The molecule has 1 fully saturated rings. The number of benzene rings is 1. The van der Waals surface area contributed by atoms with Crippen molar-refractivity contribution in [1.82, 2.24) is 4.90 Å². The lowest BCUT2D eigenvalue weighted by Gasteiger charge is -2.38. The first-order valence-corrected chi connectivity index (χ1v) is 5.85. The van der Waals surface area contributed by atoms with E-state index in [-0.39, 0.29) is 18.2 Å². The van der Waals surface area contributed by atoms with Gasteiger partial charge >= 0.3 is 5.97 Å². The highest BCUT2D eigenvalue weighted by atomic mass is 19.1. The Bertz CT molecular complexity index is 444. The molecule has 1 saturated heterocycles. The fourth-order valence-electron chi connectivity index (χ4n) is 2.21. The van der Waals surface area contributed by atoms with Crippen LogP contribution in [-0.2, 0) is 11.3 Å². The molecule has 1 aliphatic rings. The van der Waals surface area contributed by atoms with Gasteiger partial charge in [0.15, 0.2) is 0 Å². The number of nitrogens with zero attached hydrogens (tertiary/aromatic N) is 1. The summed E-state index contributed by atoms with van der Waals surface area (Å²) in [6.07, 6.45) is 0.196. The third-order valence-corrected chi connectivity index (χ3v) is 3.15. The van der Waals surface area contributed by atoms with Crippen molar-refractivity contribution >= 4 is 5.97 Å². The van der Waals surface area contributed by atoms with Crippen LogP contribution >= 0.6 is 0 Å². The molecule has 5 heteroatoms. The van der Waals surface area contributed by atoms with Gasteiger partial charge in [-0.3, -0.25) is 9.69 Å². The average Bonchev–Trinajstić information content (AvgIpc) is 2.27. The maximum Gasteiger partial charge on any atom is 0.303 e. The second-order valence-corrected chi connectivity index (χ2v) is 4.62. The first-order valence-electron chi connectivity index (χ1n) is 5.85. The molecule has 0 bridgehead atoms. The van der Waals surface area contributed by atoms with Crippen LogP contribution in [0, 0.1) is 11.7 Å². The van der Waals surface area contributed by atoms with Crippen molar-refractivity contribution in [1.29, 1.82) is 0 Å². The van der Waals surface area contributed by atoms with Gasteiger partial charge < -0.3 is 9.84 Å². The molecule has 1 aromatic rings. The predicted octanol–water partition coefficient (Wildman–Crippen LogP) is 1.74. The topological polar surface area (TPSA) is 49.8 Å². The van der Waals surface area contributed by atoms with E-state index >= 15 is 0 Å². The summed E-state index contributed by atoms with van der Waals surface area (Å²) in [7, 11) is 1.50. The zero-order chi connectivity index (χ0) is 13.1. The van der Waals surface area contributed by atoms with Gasteiger partial charge in [-0.15, -0.1) is 0 Å². The van der Waals surface area contributed by atoms with Gasteiger partial charge in [-0.25, -0.2) is 4.39 Å². The van der Waals surface area contributed by atoms with Crippen LogP contribution in [0.4, 0.5) is 4.39 Å². The van der Waals surface area contributed by atoms with Gasteiger partial charge in [0, 0.05) is 31.3 Å². The summed E-state index contributed by atoms with van der Waals surface area (Å²) in [5, 5.41) is 8.63. The summed E-state index contributed by atoms with van der Waals surface area (Å²) in [4.78, 5) is 12.5. The van der Waals surface area contributed by atoms with E-state index in [0.29, 0.717) is 17.9 Å². The van der Waals surface area contributed by atoms with Crippen LogP contribution in [0.15, 0.2) is 18.2 Å². The highest BCUT2D eigenvalue weighted by Crippen LogP contribution is 2.24. The third kappa shape index (κ3) is 2.98. The fourth-order valence-corrected chi connectivity index (χ4v) is 2.21. The number of rotatable bonds is 5. The Labute approximate surface area is 105 Å². The van der Waals surface area contributed by atoms with Crippen LogP contribution < -0.4 is 4.74 Å². The number of carbonyl (C=O) groups is 1. The van der Waals surface area contributed by atoms with E-state index in [1.54, 1.807) is 12.1 Å². The smallest absolute Gasteiger partial charge is 0.303 e. The number of halogens is 1. The molecule has 0 aliphatic carbocycles. The van der Waals surface area contributed by atoms with Crippen LogP contribution in [0.2, 0.25) is 0 Å². The number of likely N-dealkylation sites (tertiary alicyclic amines) is 1. The number of carboxylic acid groups (broad SMARTS) is 1. The molecule has 0 radical (unpaired) electrons. The summed E-state index contributed by atoms with van der Waals surface area (Å²) in [5.41, 5.74) is 0.615. The lowest BCUT2D eigenvalue weighted by Crippen LogP contribution is -2.46. The number of hydrogen-bond acceptors (Lipinski definition) is 3. The molecule has 98 valence electrons. The number of hydrogen-bond donors (Lipinski definition) is 1. The van der Waals surface area contributed by atoms with Crippen LogP contribution in [0.3, 0.4) is 0 Å². The molecule has 1 aliphatic heterocycles. The molecule has 4 nitrogen and oxygen atoms in total. The van der Waals surface area contributed by atoms with E-state index in [9.17, 15) is 9.18 Å². The maximum atomic E-state index is 13.7. The summed E-state index contributed by atoms with van der Waals surface area (Å²) in [6, 6.07) is 4.80. The molecule has 1 heterocycles. The highest BCUT2D eigenvalue weighted by Gasteiger charge is 2.28. The Hall–Kier alpha value is -1.62. The largest absolute Gasteiger partial charge is 0.497 e. The lowest BCUT2D eigenvalue weighted by atomic mass is 9.96. The van der Waals surface area contributed by atoms with Crippen LogP contribution in [-0.4, -0.2) is 36.2 Å². The van der Waals surface area contributed by atoms with Gasteiger partial charge in [0.25, 0.3) is 0 Å². The Balaban J connectivity index is 1.86. The van der Waals surface area contributed by atoms with E-state index in [0.717, 1.165) is 13.1 Å². The number of methoxy groups -OCH3 is 1. The molecule has 0 amide bonds. The molecule has 0 unspecified atom stereocenters. The van der Waals surface area contributed by atoms with Crippen molar-refractivity contribution in [3.63, 3.8) is 0 Å². The quantitative estimate of drug-likeness (QED) is 0.868. The van der Waals surface area contributed by atoms with Gasteiger partial charge in [0.1, 0.15) is 11.6 Å². The summed E-state index contributed by atoms with van der Waals surface area (Å²) >= 11 is 0. The zero-order valence-electron chi connectivity index (χ0n) is 10.2. The minimum atomic E-state index is -0.768. The van der Waals surface area contributed by atoms with Gasteiger partial charge in [-0.2, -0.15) is 0 Å². The van der Waals surface area contributed by atoms with Crippen molar-refractivity contribution in [2.24, 2.45) is 5.92 Å². The first kappa shape index (κ1) is 12.8. The first-order chi connectivity index (χ1) is 8.58. The molecule has 18 heavy (non-hydrogen) atoms. The van der Waals surface area contributed by atoms with Crippen molar-refractivity contribution in [2.75, 3.05) is 20.2 Å². The summed E-state index contributed by atoms with van der Waals surface area (Å²) in [6.45, 7) is 1.96. The monoisotopic (exact) mass is 253 g/mol. The molecule has 0 atom stereocenters. The molecule has 1 aromatic carbocycles. The van der Waals surface area contributed by atoms with Crippen LogP contribution in [0.25, 0.3) is 0 Å². The third-order valence-electron chi connectivity index (χ3n) is 3.15. The van der Waals surface area contributed by atoms with E-state index in [4.69, 9.17) is 9.84 Å². The molecule has 0 saturated carbocycles. The fraction of sp³-hybridized carbons (Fsp3) is 0.462. The molecular formula is C13H16FNO3. The van der Waals surface area contributed by atoms with Gasteiger partial charge in [0.05, 0.1) is 13.5 Å². The van der Waals surface area contributed by atoms with Crippen molar-refractivity contribution in [2.45, 2.75) is 13.0 Å². The predicted molar refractivity (Wildman–Crippen MR) is 64.0 cm³/mol. The van der Waals surface area contributed by atoms with Crippen LogP contribution in [0.1, 0.15) is 12.0 Å². The second kappa shape index (κ2) is 5.35. The standard InChI is InChI=1S/C13H16FNO3/c1-18-11-3-2-10(12(14)5-11)8-15-6-9(7-15)4-13(16)17/h2-3,5,9H,4,6-8H2,1H3,(H,16,17). The Morgan fingerprint density at radius 3 is 2.83 bits per heavy atom. The van der Waals surface area contributed by atoms with Crippen molar-refractivity contribution < 1.29 is 19.0 Å². The zero-order valence-corrected chi connectivity index (χ0v) is 10.2. The van der Waals surface area contributed by atoms with Gasteiger partial charge in [0.2, 0.25) is 0 Å². The van der Waals surface area contributed by atoms with Gasteiger partial charge in [-0.05, 0) is 12.0 Å². The highest BCUT2D eigenvalue weighted by molar-refractivity contribution is 5.67. The number of carboxylic acids is 1. The minimum absolute atomic E-state index is 0.196. The molecule has 0 spiro atoms. The maximum absolute atomic E-state index is 13.7. The van der Waals surface area contributed by atoms with E-state index in [2.05, 4.69) is 0 Å². The normalized spacial score (nSPS) is 16.3. The minimum Gasteiger partial charge on any atom is -0.497 e.